The van der Waals surface area contributed by atoms with Gasteiger partial charge < -0.3 is 19.3 Å². The van der Waals surface area contributed by atoms with E-state index in [2.05, 4.69) is 11.7 Å². The van der Waals surface area contributed by atoms with E-state index in [9.17, 15) is 4.79 Å². The molecule has 1 N–H and O–H groups in total. The fourth-order valence-corrected chi connectivity index (χ4v) is 0.659. The zero-order chi connectivity index (χ0) is 12.0. The summed E-state index contributed by atoms with van der Waals surface area (Å²) in [5, 5.41) is 3.52. The number of hydrogen-bond donors (Lipinski definition) is 1. The van der Waals surface area contributed by atoms with E-state index in [1.165, 1.54) is 6.92 Å². The van der Waals surface area contributed by atoms with Crippen molar-refractivity contribution in [2.45, 2.75) is 19.1 Å². The number of ether oxygens (including phenoxy) is 3. The molecule has 5 nitrogen and oxygen atoms in total. The fourth-order valence-electron chi connectivity index (χ4n) is 0.659. The molecule has 0 radical (unpaired) electrons. The predicted octanol–water partition coefficient (Wildman–Crippen LogP) is 0.448. The Kier molecular flexibility index (Phi) is 4.13. The van der Waals surface area contributed by atoms with Crippen LogP contribution in [0, 0.1) is 0 Å². The Bertz CT molecular complexity index is 236. The molecule has 0 aromatic heterocycles. The first-order valence-corrected chi connectivity index (χ1v) is 4.77. The maximum atomic E-state index is 10.0. The molecule has 2 aliphatic rings. The lowest BCUT2D eigenvalue weighted by Gasteiger charge is -1.95. The highest BCUT2D eigenvalue weighted by Crippen LogP contribution is 2.12. The van der Waals surface area contributed by atoms with E-state index in [4.69, 9.17) is 15.6 Å². The molecule has 0 aromatic rings. The van der Waals surface area contributed by atoms with Gasteiger partial charge in [0.25, 0.3) is 1.43 Å². The van der Waals surface area contributed by atoms with Crippen LogP contribution in [0.3, 0.4) is 0 Å². The maximum Gasteiger partial charge on any atom is 0.330 e. The smallest absolute Gasteiger partial charge is 0.330 e. The highest BCUT2D eigenvalue weighted by atomic mass is 16.6. The fraction of sp³-hybridized carbons (Fsp3) is 0.700. The monoisotopic (exact) mass is 217 g/mol. The Balaban J connectivity index is 0.000000168. The molecule has 0 bridgehead atoms. The van der Waals surface area contributed by atoms with Gasteiger partial charge in [0, 0.05) is 5.57 Å². The van der Waals surface area contributed by atoms with Crippen LogP contribution < -0.4 is 0 Å². The van der Waals surface area contributed by atoms with Crippen molar-refractivity contribution >= 4 is 5.97 Å². The summed E-state index contributed by atoms with van der Waals surface area (Å²) in [6.45, 7) is 7.98. The van der Waals surface area contributed by atoms with Crippen molar-refractivity contribution in [1.82, 2.24) is 0 Å². The zero-order valence-electron chi connectivity index (χ0n) is 9.73. The van der Waals surface area contributed by atoms with Crippen LogP contribution in [0.25, 0.3) is 1.43 Å². The van der Waals surface area contributed by atoms with Gasteiger partial charge in [-0.3, -0.25) is 0 Å². The molecule has 2 aliphatic heterocycles. The van der Waals surface area contributed by atoms with Crippen LogP contribution in [-0.2, 0) is 19.0 Å². The molecule has 0 aliphatic carbocycles. The third-order valence-electron chi connectivity index (χ3n) is 1.76. The van der Waals surface area contributed by atoms with Gasteiger partial charge in [0.2, 0.25) is 0 Å². The summed E-state index contributed by atoms with van der Waals surface area (Å²) in [7, 11) is 0. The van der Waals surface area contributed by atoms with Gasteiger partial charge in [-0.25, -0.2) is 4.79 Å². The second kappa shape index (κ2) is 5.85. The van der Waals surface area contributed by atoms with Crippen LogP contribution in [-0.4, -0.2) is 49.7 Å². The third kappa shape index (κ3) is 7.07. The van der Waals surface area contributed by atoms with Crippen molar-refractivity contribution in [3.05, 3.63) is 12.2 Å². The molecule has 0 amide bonds. The predicted molar refractivity (Wildman–Crippen MR) is 52.7 cm³/mol. The molecule has 2 atom stereocenters. The average Bonchev–Trinajstić information content (AvgIpc) is 3.11. The van der Waals surface area contributed by atoms with Crippen molar-refractivity contribution in [2.75, 3.05) is 26.4 Å². The largest absolute Gasteiger partial charge is 0.478 e. The first kappa shape index (κ1) is 10.6. The van der Waals surface area contributed by atoms with Crippen molar-refractivity contribution in [2.24, 2.45) is 0 Å². The second-order valence-electron chi connectivity index (χ2n) is 3.52. The van der Waals surface area contributed by atoms with Gasteiger partial charge in [-0.1, -0.05) is 6.58 Å². The van der Waals surface area contributed by atoms with Crippen LogP contribution in [0.15, 0.2) is 12.2 Å². The molecule has 2 fully saturated rings. The molecule has 15 heavy (non-hydrogen) atoms. The summed E-state index contributed by atoms with van der Waals surface area (Å²) in [6, 6.07) is 0. The van der Waals surface area contributed by atoms with Crippen LogP contribution >= 0.6 is 0 Å². The Morgan fingerprint density at radius 2 is 2.00 bits per heavy atom. The van der Waals surface area contributed by atoms with E-state index >= 15 is 0 Å². The van der Waals surface area contributed by atoms with E-state index in [0.29, 0.717) is 12.2 Å². The lowest BCUT2D eigenvalue weighted by Crippen LogP contribution is -2.06. The molecule has 2 saturated heterocycles. The lowest BCUT2D eigenvalue weighted by atomic mass is 10.4. The summed E-state index contributed by atoms with van der Waals surface area (Å²) in [5.74, 6) is -0.681. The van der Waals surface area contributed by atoms with E-state index in [0.717, 1.165) is 26.4 Å². The van der Waals surface area contributed by atoms with Gasteiger partial charge in [-0.15, -0.1) is 0 Å². The van der Waals surface area contributed by atoms with Gasteiger partial charge in [0.1, 0.15) is 12.2 Å². The number of aliphatic carboxylic acids is 1. The molecule has 0 aromatic carbocycles. The summed E-state index contributed by atoms with van der Waals surface area (Å²) in [5.41, 5.74) is 0.245. The summed E-state index contributed by atoms with van der Waals surface area (Å²) in [4.78, 5) is 10.0. The molecular formula is C10H16O5. The molecule has 2 heterocycles. The highest BCUT2D eigenvalue weighted by Gasteiger charge is 2.26. The van der Waals surface area contributed by atoms with Gasteiger partial charge in [-0.05, 0) is 6.92 Å². The van der Waals surface area contributed by atoms with Gasteiger partial charge in [0.05, 0.1) is 26.4 Å². The van der Waals surface area contributed by atoms with Gasteiger partial charge >= 0.3 is 5.97 Å². The molecule has 0 spiro atoms. The van der Waals surface area contributed by atoms with Crippen LogP contribution in [0.2, 0.25) is 0 Å². The minimum atomic E-state index is -0.681. The number of carbonyl (C=O) groups is 1. The van der Waals surface area contributed by atoms with Crippen LogP contribution in [0.5, 0.6) is 0 Å². The Labute approximate surface area is 90.1 Å². The van der Waals surface area contributed by atoms with Gasteiger partial charge in [-0.2, -0.15) is 0 Å². The lowest BCUT2D eigenvalue weighted by molar-refractivity contribution is -0.132. The van der Waals surface area contributed by atoms with Crippen LogP contribution in [0.1, 0.15) is 6.92 Å². The Morgan fingerprint density at radius 3 is 2.20 bits per heavy atom. The van der Waals surface area contributed by atoms with Crippen molar-refractivity contribution in [3.63, 3.8) is 0 Å². The number of carboxylic acid groups (broad SMARTS) is 1. The Morgan fingerprint density at radius 1 is 1.53 bits per heavy atom. The van der Waals surface area contributed by atoms with Crippen molar-refractivity contribution < 1.29 is 24.1 Å². The average molecular weight is 217 g/mol. The number of epoxide rings is 2. The van der Waals surface area contributed by atoms with Crippen molar-refractivity contribution in [1.29, 1.82) is 1.43 Å². The number of rotatable bonds is 5. The molecule has 2 rings (SSSR count). The van der Waals surface area contributed by atoms with E-state index in [1.807, 2.05) is 0 Å². The Hall–Kier alpha value is -0.910. The minimum absolute atomic E-state index is 0.245. The molecule has 5 heteroatoms. The quantitative estimate of drug-likeness (QED) is 0.534. The first-order chi connectivity index (χ1) is 7.63. The highest BCUT2D eigenvalue weighted by molar-refractivity contribution is 5.84. The maximum absolute atomic E-state index is 10.0. The van der Waals surface area contributed by atoms with Crippen molar-refractivity contribution in [3.8, 4) is 0 Å². The second-order valence-corrected chi connectivity index (χ2v) is 3.52. The zero-order valence-corrected chi connectivity index (χ0v) is 8.73. The standard InChI is InChI=1S/C6H10O3.C4H6O2/c1(5-3-8-5)7-2-6-4-9-6;1-3(2)4(5)6/h5-6H,1-4H2;1H2,2H3,(H,5,6)/i/hD. The number of carboxylic acids is 1. The molecule has 2 unspecified atom stereocenters. The molecule has 86 valence electrons. The van der Waals surface area contributed by atoms with E-state index in [-0.39, 0.29) is 5.57 Å². The molecule has 0 saturated carbocycles. The minimum Gasteiger partial charge on any atom is -0.478 e. The third-order valence-corrected chi connectivity index (χ3v) is 1.76. The summed E-state index contributed by atoms with van der Waals surface area (Å²) < 4.78 is 21.1. The summed E-state index contributed by atoms with van der Waals surface area (Å²) in [6.07, 6.45) is 0.785. The molecular weight excluding hydrogens is 200 g/mol. The van der Waals surface area contributed by atoms with Crippen LogP contribution in [0.4, 0.5) is 0 Å². The first-order valence-electron chi connectivity index (χ1n) is 5.18. The van der Waals surface area contributed by atoms with E-state index in [1.54, 1.807) is 0 Å². The van der Waals surface area contributed by atoms with E-state index < -0.39 is 5.97 Å². The van der Waals surface area contributed by atoms with Gasteiger partial charge in [0.15, 0.2) is 0 Å². The normalized spacial score (nSPS) is 26.9. The number of hydrogen-bond acceptors (Lipinski definition) is 5. The SMILES string of the molecule is C(OCC1CO1)C1CO1.[2H]OC(=O)C(=C)C. The summed E-state index contributed by atoms with van der Waals surface area (Å²) >= 11 is 0. The topological polar surface area (TPSA) is 71.6 Å².